The predicted octanol–water partition coefficient (Wildman–Crippen LogP) is 4.21. The van der Waals surface area contributed by atoms with Crippen LogP contribution in [0.15, 0.2) is 10.5 Å². The molecule has 0 N–H and O–H groups in total. The molecule has 6 heteroatoms. The maximum Gasteiger partial charge on any atom is 0.338 e. The summed E-state index contributed by atoms with van der Waals surface area (Å²) in [5.74, 6) is 1.05. The summed E-state index contributed by atoms with van der Waals surface area (Å²) in [5, 5.41) is 9.17. The second kappa shape index (κ2) is 6.58. The monoisotopic (exact) mass is 299 g/mol. The average Bonchev–Trinajstić information content (AvgIpc) is 2.72. The van der Waals surface area contributed by atoms with E-state index in [-0.39, 0.29) is 24.8 Å². The van der Waals surface area contributed by atoms with Gasteiger partial charge < -0.3 is 13.5 Å². The molecule has 1 rings (SSSR count). The van der Waals surface area contributed by atoms with Crippen LogP contribution in [-0.2, 0) is 25.2 Å². The minimum absolute atomic E-state index is 0.0202. The smallest absolute Gasteiger partial charge is 0.338 e. The van der Waals surface area contributed by atoms with Crippen molar-refractivity contribution in [2.45, 2.75) is 46.2 Å². The standard InChI is InChI=1S/C14H22NO4P/c1-6-17-20(16,18-7-2)10-12-11(9-15)8-13(19-12)14(3,4)5/h8H,6-7,10H2,1-5H3. The van der Waals surface area contributed by atoms with Gasteiger partial charge in [0, 0.05) is 5.41 Å². The van der Waals surface area contributed by atoms with Gasteiger partial charge in [-0.05, 0) is 19.9 Å². The van der Waals surface area contributed by atoms with E-state index < -0.39 is 7.60 Å². The van der Waals surface area contributed by atoms with Crippen molar-refractivity contribution < 1.29 is 18.0 Å². The van der Waals surface area contributed by atoms with Crippen LogP contribution in [0.1, 0.15) is 51.7 Å². The third kappa shape index (κ3) is 4.21. The van der Waals surface area contributed by atoms with Gasteiger partial charge in [0.25, 0.3) is 0 Å². The number of hydrogen-bond donors (Lipinski definition) is 0. The zero-order valence-corrected chi connectivity index (χ0v) is 13.6. The number of nitriles is 1. The van der Waals surface area contributed by atoms with Crippen LogP contribution < -0.4 is 0 Å². The van der Waals surface area contributed by atoms with Crippen molar-refractivity contribution in [2.75, 3.05) is 13.2 Å². The number of hydrogen-bond acceptors (Lipinski definition) is 5. The van der Waals surface area contributed by atoms with E-state index >= 15 is 0 Å². The van der Waals surface area contributed by atoms with Gasteiger partial charge in [0.1, 0.15) is 23.8 Å². The Morgan fingerprint density at radius 3 is 2.25 bits per heavy atom. The van der Waals surface area contributed by atoms with Crippen molar-refractivity contribution in [2.24, 2.45) is 0 Å². The first-order valence-electron chi connectivity index (χ1n) is 6.67. The van der Waals surface area contributed by atoms with Crippen LogP contribution in [0.5, 0.6) is 0 Å². The van der Waals surface area contributed by atoms with Gasteiger partial charge in [0.15, 0.2) is 0 Å². The molecule has 0 aliphatic heterocycles. The van der Waals surface area contributed by atoms with Crippen LogP contribution >= 0.6 is 7.60 Å². The first-order valence-corrected chi connectivity index (χ1v) is 8.40. The number of rotatable bonds is 6. The first kappa shape index (κ1) is 17.0. The van der Waals surface area contributed by atoms with E-state index in [2.05, 4.69) is 6.07 Å². The summed E-state index contributed by atoms with van der Waals surface area (Å²) in [5.41, 5.74) is 0.167. The zero-order valence-electron chi connectivity index (χ0n) is 12.7. The molecule has 0 unspecified atom stereocenters. The summed E-state index contributed by atoms with van der Waals surface area (Å²) in [4.78, 5) is 0. The lowest BCUT2D eigenvalue weighted by Gasteiger charge is -2.16. The van der Waals surface area contributed by atoms with Gasteiger partial charge in [-0.3, -0.25) is 4.57 Å². The Hall–Kier alpha value is -1.08. The topological polar surface area (TPSA) is 72.5 Å². The molecule has 1 heterocycles. The fourth-order valence-corrected chi connectivity index (χ4v) is 3.34. The van der Waals surface area contributed by atoms with Gasteiger partial charge in [-0.1, -0.05) is 20.8 Å². The quantitative estimate of drug-likeness (QED) is 0.735. The Morgan fingerprint density at radius 1 is 1.30 bits per heavy atom. The fraction of sp³-hybridized carbons (Fsp3) is 0.643. The maximum atomic E-state index is 12.5. The third-order valence-corrected chi connectivity index (χ3v) is 4.64. The SMILES string of the molecule is CCOP(=O)(Cc1oc(C(C)(C)C)cc1C#N)OCC. The lowest BCUT2D eigenvalue weighted by Crippen LogP contribution is -2.09. The van der Waals surface area contributed by atoms with Crippen molar-refractivity contribution in [1.82, 2.24) is 0 Å². The normalized spacial score (nSPS) is 12.4. The van der Waals surface area contributed by atoms with Gasteiger partial charge in [-0.15, -0.1) is 0 Å². The molecule has 0 fully saturated rings. The minimum atomic E-state index is -3.27. The van der Waals surface area contributed by atoms with Crippen molar-refractivity contribution in [3.63, 3.8) is 0 Å². The largest absolute Gasteiger partial charge is 0.463 e. The molecule has 0 spiro atoms. The Bertz CT molecular complexity index is 526. The van der Waals surface area contributed by atoms with E-state index in [9.17, 15) is 9.83 Å². The Kier molecular flexibility index (Phi) is 5.59. The number of furan rings is 1. The summed E-state index contributed by atoms with van der Waals surface area (Å²) in [7, 11) is -3.27. The van der Waals surface area contributed by atoms with Gasteiger partial charge >= 0.3 is 7.60 Å². The highest BCUT2D eigenvalue weighted by atomic mass is 31.2. The summed E-state index contributed by atoms with van der Waals surface area (Å²) in [6, 6.07) is 3.76. The molecule has 112 valence electrons. The van der Waals surface area contributed by atoms with Crippen LogP contribution in [0.4, 0.5) is 0 Å². The first-order chi connectivity index (χ1) is 9.25. The van der Waals surface area contributed by atoms with Gasteiger partial charge in [0.05, 0.1) is 18.8 Å². The fourth-order valence-electron chi connectivity index (χ4n) is 1.71. The molecule has 0 amide bonds. The van der Waals surface area contributed by atoms with Crippen LogP contribution in [0.2, 0.25) is 0 Å². The van der Waals surface area contributed by atoms with Gasteiger partial charge in [0.2, 0.25) is 0 Å². The van der Waals surface area contributed by atoms with Crippen molar-refractivity contribution >= 4 is 7.60 Å². The van der Waals surface area contributed by atoms with Crippen molar-refractivity contribution in [3.05, 3.63) is 23.2 Å². The molecular weight excluding hydrogens is 277 g/mol. The van der Waals surface area contributed by atoms with E-state index in [1.807, 2.05) is 20.8 Å². The maximum absolute atomic E-state index is 12.5. The molecule has 0 saturated carbocycles. The molecule has 0 aliphatic carbocycles. The second-order valence-corrected chi connectivity index (χ2v) is 7.47. The third-order valence-electron chi connectivity index (χ3n) is 2.66. The predicted molar refractivity (Wildman–Crippen MR) is 76.7 cm³/mol. The molecule has 0 saturated heterocycles. The molecule has 0 aromatic carbocycles. The lowest BCUT2D eigenvalue weighted by molar-refractivity contribution is 0.216. The second-order valence-electron chi connectivity index (χ2n) is 5.41. The lowest BCUT2D eigenvalue weighted by atomic mass is 9.93. The molecule has 0 bridgehead atoms. The molecule has 0 aliphatic rings. The van der Waals surface area contributed by atoms with E-state index in [4.69, 9.17) is 13.5 Å². The molecule has 20 heavy (non-hydrogen) atoms. The van der Waals surface area contributed by atoms with Gasteiger partial charge in [-0.2, -0.15) is 5.26 Å². The summed E-state index contributed by atoms with van der Waals surface area (Å²) in [6.07, 6.45) is -0.0202. The van der Waals surface area contributed by atoms with E-state index in [1.165, 1.54) is 0 Å². The molecule has 5 nitrogen and oxygen atoms in total. The molecular formula is C14H22NO4P. The minimum Gasteiger partial charge on any atom is -0.463 e. The van der Waals surface area contributed by atoms with Crippen LogP contribution in [-0.4, -0.2) is 13.2 Å². The highest BCUT2D eigenvalue weighted by Crippen LogP contribution is 2.52. The van der Waals surface area contributed by atoms with Crippen molar-refractivity contribution in [1.29, 1.82) is 5.26 Å². The Morgan fingerprint density at radius 2 is 1.85 bits per heavy atom. The highest BCUT2D eigenvalue weighted by molar-refractivity contribution is 7.53. The van der Waals surface area contributed by atoms with E-state index in [0.717, 1.165) is 0 Å². The summed E-state index contributed by atoms with van der Waals surface area (Å²) < 4.78 is 28.7. The van der Waals surface area contributed by atoms with Crippen LogP contribution in [0.3, 0.4) is 0 Å². The number of nitrogens with zero attached hydrogens (tertiary/aromatic N) is 1. The summed E-state index contributed by atoms with van der Waals surface area (Å²) >= 11 is 0. The van der Waals surface area contributed by atoms with Crippen LogP contribution in [0.25, 0.3) is 0 Å². The van der Waals surface area contributed by atoms with Crippen molar-refractivity contribution in [3.8, 4) is 6.07 Å². The highest BCUT2D eigenvalue weighted by Gasteiger charge is 2.30. The summed E-state index contributed by atoms with van der Waals surface area (Å²) in [6.45, 7) is 10.0. The van der Waals surface area contributed by atoms with E-state index in [1.54, 1.807) is 19.9 Å². The molecule has 0 radical (unpaired) electrons. The average molecular weight is 299 g/mol. The Balaban J connectivity index is 3.10. The molecule has 1 aromatic heterocycles. The Labute approximate surface area is 120 Å². The molecule has 0 atom stereocenters. The van der Waals surface area contributed by atoms with Crippen LogP contribution in [0, 0.1) is 11.3 Å². The molecule has 1 aromatic rings. The van der Waals surface area contributed by atoms with Gasteiger partial charge in [-0.25, -0.2) is 0 Å². The zero-order chi connectivity index (χ0) is 15.4. The van der Waals surface area contributed by atoms with E-state index in [0.29, 0.717) is 17.1 Å².